The lowest BCUT2D eigenvalue weighted by atomic mass is 9.80. The van der Waals surface area contributed by atoms with Gasteiger partial charge in [-0.15, -0.1) is 0 Å². The molecule has 2 heterocycles. The topological polar surface area (TPSA) is 40.6 Å². The predicted molar refractivity (Wildman–Crippen MR) is 76.1 cm³/mol. The molecular weight excluding hydrogens is 317 g/mol. The highest BCUT2D eigenvalue weighted by Gasteiger charge is 2.52. The standard InChI is InChI=1S/C14H18BF4NO3/c1-12(2)13(3,4)23-15(22-12)8-6-9(16)10(20-7-8)21-14(5,19)11(17)18/h6-7,11H,1-5H3. The highest BCUT2D eigenvalue weighted by atomic mass is 19.3. The summed E-state index contributed by atoms with van der Waals surface area (Å²) in [6.07, 6.45) is -2.30. The van der Waals surface area contributed by atoms with Crippen LogP contribution in [0.15, 0.2) is 12.3 Å². The molecule has 1 aliphatic rings. The second kappa shape index (κ2) is 5.63. The highest BCUT2D eigenvalue weighted by molar-refractivity contribution is 6.62. The molecule has 0 N–H and O–H groups in total. The quantitative estimate of drug-likeness (QED) is 0.627. The fourth-order valence-corrected chi connectivity index (χ4v) is 1.86. The second-order valence-corrected chi connectivity index (χ2v) is 6.53. The molecule has 9 heteroatoms. The molecule has 0 bridgehead atoms. The summed E-state index contributed by atoms with van der Waals surface area (Å²) in [7, 11) is -0.872. The molecule has 0 radical (unpaired) electrons. The monoisotopic (exact) mass is 335 g/mol. The van der Waals surface area contributed by atoms with Crippen molar-refractivity contribution >= 4 is 12.6 Å². The van der Waals surface area contributed by atoms with Crippen molar-refractivity contribution in [3.8, 4) is 5.88 Å². The molecule has 1 saturated heterocycles. The number of halogens is 4. The number of nitrogens with zero attached hydrogens (tertiary/aromatic N) is 1. The third-order valence-corrected chi connectivity index (χ3v) is 4.04. The lowest BCUT2D eigenvalue weighted by Crippen LogP contribution is -2.41. The van der Waals surface area contributed by atoms with E-state index in [-0.39, 0.29) is 5.46 Å². The van der Waals surface area contributed by atoms with Crippen molar-refractivity contribution in [2.45, 2.75) is 58.1 Å². The van der Waals surface area contributed by atoms with E-state index in [0.29, 0.717) is 6.92 Å². The maximum Gasteiger partial charge on any atom is 0.496 e. The third-order valence-electron chi connectivity index (χ3n) is 4.04. The summed E-state index contributed by atoms with van der Waals surface area (Å²) in [5.41, 5.74) is -1.02. The van der Waals surface area contributed by atoms with Crippen molar-refractivity contribution in [2.24, 2.45) is 0 Å². The lowest BCUT2D eigenvalue weighted by molar-refractivity contribution is -0.156. The van der Waals surface area contributed by atoms with Gasteiger partial charge in [0, 0.05) is 18.6 Å². The van der Waals surface area contributed by atoms with Gasteiger partial charge in [0.1, 0.15) is 0 Å². The summed E-state index contributed by atoms with van der Waals surface area (Å²) in [4.78, 5) is 3.56. The largest absolute Gasteiger partial charge is 0.496 e. The Morgan fingerprint density at radius 1 is 1.22 bits per heavy atom. The Labute approximate surface area is 132 Å². The lowest BCUT2D eigenvalue weighted by Gasteiger charge is -2.32. The Morgan fingerprint density at radius 3 is 2.17 bits per heavy atom. The van der Waals surface area contributed by atoms with Crippen molar-refractivity contribution in [3.05, 3.63) is 18.1 Å². The average molecular weight is 335 g/mol. The molecule has 0 saturated carbocycles. The molecule has 0 aromatic carbocycles. The SMILES string of the molecule is CC(F)(Oc1ncc(B2OC(C)(C)C(C)(C)O2)cc1F)C(F)F. The van der Waals surface area contributed by atoms with E-state index in [4.69, 9.17) is 9.31 Å². The molecule has 23 heavy (non-hydrogen) atoms. The van der Waals surface area contributed by atoms with Crippen LogP contribution in [0, 0.1) is 5.82 Å². The number of pyridine rings is 1. The van der Waals surface area contributed by atoms with Gasteiger partial charge < -0.3 is 14.0 Å². The Balaban J connectivity index is 2.21. The van der Waals surface area contributed by atoms with Gasteiger partial charge in [-0.05, 0) is 33.8 Å². The van der Waals surface area contributed by atoms with Crippen molar-refractivity contribution in [1.29, 1.82) is 0 Å². The Bertz CT molecular complexity index is 579. The number of hydrogen-bond acceptors (Lipinski definition) is 4. The minimum atomic E-state index is -3.44. The first kappa shape index (κ1) is 18.0. The van der Waals surface area contributed by atoms with E-state index in [0.717, 1.165) is 12.3 Å². The molecule has 1 aliphatic heterocycles. The molecule has 0 aliphatic carbocycles. The van der Waals surface area contributed by atoms with E-state index in [1.165, 1.54) is 0 Å². The van der Waals surface area contributed by atoms with E-state index in [9.17, 15) is 17.6 Å². The Morgan fingerprint density at radius 2 is 1.74 bits per heavy atom. The Kier molecular flexibility index (Phi) is 4.40. The van der Waals surface area contributed by atoms with E-state index in [1.807, 2.05) is 27.7 Å². The number of hydrogen-bond donors (Lipinski definition) is 0. The summed E-state index contributed by atoms with van der Waals surface area (Å²) < 4.78 is 68.0. The first-order valence-corrected chi connectivity index (χ1v) is 7.03. The van der Waals surface area contributed by atoms with Crippen molar-refractivity contribution < 1.29 is 31.6 Å². The van der Waals surface area contributed by atoms with E-state index >= 15 is 0 Å². The molecule has 1 aromatic rings. The van der Waals surface area contributed by atoms with Gasteiger partial charge in [0.2, 0.25) is 0 Å². The van der Waals surface area contributed by atoms with Crippen LogP contribution in [0.5, 0.6) is 5.88 Å². The van der Waals surface area contributed by atoms with Gasteiger partial charge in [-0.2, -0.15) is 4.39 Å². The molecule has 1 fully saturated rings. The van der Waals surface area contributed by atoms with E-state index in [2.05, 4.69) is 9.72 Å². The number of alkyl halides is 3. The fourth-order valence-electron chi connectivity index (χ4n) is 1.86. The molecule has 1 aromatic heterocycles. The molecular formula is C14H18BF4NO3. The number of ether oxygens (including phenoxy) is 1. The highest BCUT2D eigenvalue weighted by Crippen LogP contribution is 2.36. The fraction of sp³-hybridized carbons (Fsp3) is 0.643. The minimum Gasteiger partial charge on any atom is -0.433 e. The average Bonchev–Trinajstić information content (AvgIpc) is 2.60. The third kappa shape index (κ3) is 3.45. The van der Waals surface area contributed by atoms with Gasteiger partial charge >= 0.3 is 19.4 Å². The van der Waals surface area contributed by atoms with Crippen LogP contribution in [-0.2, 0) is 9.31 Å². The van der Waals surface area contributed by atoms with Gasteiger partial charge in [0.05, 0.1) is 11.2 Å². The summed E-state index contributed by atoms with van der Waals surface area (Å²) >= 11 is 0. The maximum atomic E-state index is 14.0. The summed E-state index contributed by atoms with van der Waals surface area (Å²) in [6.45, 7) is 7.80. The van der Waals surface area contributed by atoms with Crippen molar-refractivity contribution in [1.82, 2.24) is 4.98 Å². The molecule has 0 spiro atoms. The molecule has 128 valence electrons. The second-order valence-electron chi connectivity index (χ2n) is 6.53. The summed E-state index contributed by atoms with van der Waals surface area (Å²) in [5, 5.41) is 0. The molecule has 1 unspecified atom stereocenters. The van der Waals surface area contributed by atoms with Gasteiger partial charge in [0.15, 0.2) is 5.82 Å². The predicted octanol–water partition coefficient (Wildman–Crippen LogP) is 2.85. The molecule has 1 atom stereocenters. The van der Waals surface area contributed by atoms with Gasteiger partial charge in [0.25, 0.3) is 5.88 Å². The zero-order valence-electron chi connectivity index (χ0n) is 13.5. The normalized spacial score (nSPS) is 22.3. The Hall–Kier alpha value is -1.35. The smallest absolute Gasteiger partial charge is 0.433 e. The molecule has 4 nitrogen and oxygen atoms in total. The van der Waals surface area contributed by atoms with Gasteiger partial charge in [-0.1, -0.05) is 0 Å². The number of rotatable bonds is 4. The van der Waals surface area contributed by atoms with Crippen molar-refractivity contribution in [2.75, 3.05) is 0 Å². The zero-order chi connectivity index (χ0) is 17.6. The van der Waals surface area contributed by atoms with Gasteiger partial charge in [-0.3, -0.25) is 0 Å². The summed E-state index contributed by atoms with van der Waals surface area (Å²) in [5.74, 6) is -5.27. The maximum absolute atomic E-state index is 14.0. The molecule has 0 amide bonds. The van der Waals surface area contributed by atoms with Crippen LogP contribution < -0.4 is 10.2 Å². The van der Waals surface area contributed by atoms with Crippen molar-refractivity contribution in [3.63, 3.8) is 0 Å². The minimum absolute atomic E-state index is 0.242. The van der Waals surface area contributed by atoms with Crippen LogP contribution in [0.1, 0.15) is 34.6 Å². The van der Waals surface area contributed by atoms with Crippen LogP contribution in [0.25, 0.3) is 0 Å². The van der Waals surface area contributed by atoms with E-state index in [1.54, 1.807) is 0 Å². The first-order chi connectivity index (χ1) is 10.4. The zero-order valence-corrected chi connectivity index (χ0v) is 13.5. The van der Waals surface area contributed by atoms with Crippen LogP contribution in [0.2, 0.25) is 0 Å². The summed E-state index contributed by atoms with van der Waals surface area (Å²) in [6, 6.07) is 0.964. The van der Waals surface area contributed by atoms with Crippen LogP contribution in [0.4, 0.5) is 17.6 Å². The number of aromatic nitrogens is 1. The first-order valence-electron chi connectivity index (χ1n) is 7.03. The van der Waals surface area contributed by atoms with Crippen LogP contribution in [-0.4, -0.2) is 35.6 Å². The van der Waals surface area contributed by atoms with Crippen LogP contribution >= 0.6 is 0 Å². The molecule has 2 rings (SSSR count). The van der Waals surface area contributed by atoms with Crippen LogP contribution in [0.3, 0.4) is 0 Å². The van der Waals surface area contributed by atoms with E-state index < -0.39 is 42.3 Å². The van der Waals surface area contributed by atoms with Gasteiger partial charge in [-0.25, -0.2) is 18.2 Å².